The molecule has 0 amide bonds. The van der Waals surface area contributed by atoms with Crippen molar-refractivity contribution in [3.8, 4) is 0 Å². The Morgan fingerprint density at radius 2 is 1.95 bits per heavy atom. The van der Waals surface area contributed by atoms with Crippen LogP contribution in [0.3, 0.4) is 0 Å². The topological polar surface area (TPSA) is 84.0 Å². The Morgan fingerprint density at radius 3 is 2.68 bits per heavy atom. The highest BCUT2D eigenvalue weighted by Crippen LogP contribution is 2.07. The third kappa shape index (κ3) is 3.95. The van der Waals surface area contributed by atoms with Crippen LogP contribution in [0.15, 0.2) is 30.5 Å². The minimum atomic E-state index is -3.16. The lowest BCUT2D eigenvalue weighted by Crippen LogP contribution is -2.29. The number of nitrogens with zero attached hydrogens (tertiary/aromatic N) is 2. The lowest BCUT2D eigenvalue weighted by atomic mass is 10.3. The van der Waals surface area contributed by atoms with Gasteiger partial charge in [0, 0.05) is 13.1 Å². The van der Waals surface area contributed by atoms with Crippen LogP contribution in [0.4, 0.5) is 0 Å². The number of rotatable bonds is 6. The Hall–Kier alpha value is -1.57. The van der Waals surface area contributed by atoms with E-state index in [-0.39, 0.29) is 5.75 Å². The molecule has 0 saturated heterocycles. The van der Waals surface area contributed by atoms with Gasteiger partial charge >= 0.3 is 0 Å². The highest BCUT2D eigenvalue weighted by Gasteiger charge is 2.05. The number of fused-ring (bicyclic) bond motifs is 1. The molecule has 19 heavy (non-hydrogen) atoms. The van der Waals surface area contributed by atoms with Gasteiger partial charge in [-0.15, -0.1) is 0 Å². The maximum absolute atomic E-state index is 11.2. The molecule has 2 rings (SSSR count). The van der Waals surface area contributed by atoms with Crippen molar-refractivity contribution in [1.82, 2.24) is 20.0 Å². The average molecular weight is 280 g/mol. The molecule has 0 aliphatic rings. The van der Waals surface area contributed by atoms with E-state index in [4.69, 9.17) is 0 Å². The van der Waals surface area contributed by atoms with Crippen molar-refractivity contribution in [1.29, 1.82) is 0 Å². The molecule has 1 heterocycles. The fourth-order valence-corrected chi connectivity index (χ4v) is 2.22. The smallest absolute Gasteiger partial charge is 0.212 e. The molecule has 0 fully saturated rings. The summed E-state index contributed by atoms with van der Waals surface area (Å²) < 4.78 is 24.7. The third-order valence-electron chi connectivity index (χ3n) is 2.66. The van der Waals surface area contributed by atoms with Crippen molar-refractivity contribution in [2.75, 3.05) is 19.3 Å². The second-order valence-electron chi connectivity index (χ2n) is 4.05. The molecule has 1 aromatic carbocycles. The summed E-state index contributed by atoms with van der Waals surface area (Å²) in [4.78, 5) is 8.73. The summed E-state index contributed by atoms with van der Waals surface area (Å²) in [5, 5.41) is 3.04. The maximum Gasteiger partial charge on any atom is 0.212 e. The fraction of sp³-hybridized carbons (Fsp3) is 0.333. The highest BCUT2D eigenvalue weighted by atomic mass is 32.2. The Labute approximate surface area is 112 Å². The van der Waals surface area contributed by atoms with Crippen LogP contribution in [-0.2, 0) is 16.6 Å². The monoisotopic (exact) mass is 280 g/mol. The number of hydrogen-bond acceptors (Lipinski definition) is 5. The van der Waals surface area contributed by atoms with Crippen LogP contribution in [0.25, 0.3) is 11.0 Å². The van der Waals surface area contributed by atoms with Gasteiger partial charge in [0.05, 0.1) is 28.7 Å². The Morgan fingerprint density at radius 1 is 1.21 bits per heavy atom. The number of benzene rings is 1. The van der Waals surface area contributed by atoms with E-state index < -0.39 is 10.0 Å². The van der Waals surface area contributed by atoms with E-state index in [0.717, 1.165) is 16.7 Å². The van der Waals surface area contributed by atoms with Crippen LogP contribution < -0.4 is 10.0 Å². The summed E-state index contributed by atoms with van der Waals surface area (Å²) in [5.41, 5.74) is 2.48. The summed E-state index contributed by atoms with van der Waals surface area (Å²) in [6.07, 6.45) is 1.70. The number of hydrogen-bond donors (Lipinski definition) is 2. The molecule has 102 valence electrons. The first-order valence-electron chi connectivity index (χ1n) is 5.93. The van der Waals surface area contributed by atoms with Crippen LogP contribution >= 0.6 is 0 Å². The highest BCUT2D eigenvalue weighted by molar-refractivity contribution is 7.89. The fourth-order valence-electron chi connectivity index (χ4n) is 1.61. The predicted molar refractivity (Wildman–Crippen MR) is 74.1 cm³/mol. The zero-order valence-electron chi connectivity index (χ0n) is 10.6. The zero-order chi connectivity index (χ0) is 13.7. The largest absolute Gasteiger partial charge is 0.310 e. The first-order chi connectivity index (χ1) is 9.11. The van der Waals surface area contributed by atoms with Gasteiger partial charge in [0.2, 0.25) is 10.0 Å². The van der Waals surface area contributed by atoms with Crippen LogP contribution in [0, 0.1) is 0 Å². The van der Waals surface area contributed by atoms with Crippen molar-refractivity contribution in [3.63, 3.8) is 0 Å². The van der Waals surface area contributed by atoms with Crippen molar-refractivity contribution < 1.29 is 8.42 Å². The van der Waals surface area contributed by atoms with Crippen molar-refractivity contribution in [3.05, 3.63) is 36.2 Å². The SMILES string of the molecule is CNS(=O)(=O)CCNCc1cnc2ccccc2n1. The van der Waals surface area contributed by atoms with Crippen LogP contribution in [0.2, 0.25) is 0 Å². The van der Waals surface area contributed by atoms with E-state index in [0.29, 0.717) is 13.1 Å². The first kappa shape index (κ1) is 13.9. The quantitative estimate of drug-likeness (QED) is 0.742. The van der Waals surface area contributed by atoms with E-state index in [2.05, 4.69) is 20.0 Å². The molecule has 0 aliphatic carbocycles. The average Bonchev–Trinajstić information content (AvgIpc) is 2.43. The molecule has 0 spiro atoms. The van der Waals surface area contributed by atoms with Crippen molar-refractivity contribution >= 4 is 21.1 Å². The molecule has 0 atom stereocenters. The lowest BCUT2D eigenvalue weighted by Gasteiger charge is -2.05. The summed E-state index contributed by atoms with van der Waals surface area (Å²) in [6, 6.07) is 7.63. The zero-order valence-corrected chi connectivity index (χ0v) is 11.4. The van der Waals surface area contributed by atoms with Crippen LogP contribution in [0.1, 0.15) is 5.69 Å². The molecule has 7 heteroatoms. The van der Waals surface area contributed by atoms with Crippen molar-refractivity contribution in [2.45, 2.75) is 6.54 Å². The van der Waals surface area contributed by atoms with Gasteiger partial charge in [-0.05, 0) is 19.2 Å². The van der Waals surface area contributed by atoms with Gasteiger partial charge in [-0.25, -0.2) is 18.1 Å². The van der Waals surface area contributed by atoms with Gasteiger partial charge in [0.15, 0.2) is 0 Å². The minimum absolute atomic E-state index is 0.0461. The predicted octanol–water partition coefficient (Wildman–Crippen LogP) is 0.269. The Balaban J connectivity index is 1.91. The normalized spacial score (nSPS) is 11.8. The lowest BCUT2D eigenvalue weighted by molar-refractivity contribution is 0.582. The van der Waals surface area contributed by atoms with E-state index in [1.54, 1.807) is 6.20 Å². The van der Waals surface area contributed by atoms with Gasteiger partial charge in [0.25, 0.3) is 0 Å². The number of sulfonamides is 1. The second kappa shape index (κ2) is 6.05. The molecule has 6 nitrogen and oxygen atoms in total. The molecule has 0 bridgehead atoms. The molecule has 0 saturated carbocycles. The summed E-state index contributed by atoms with van der Waals surface area (Å²) in [5.74, 6) is 0.0461. The second-order valence-corrected chi connectivity index (χ2v) is 6.10. The molecule has 0 unspecified atom stereocenters. The molecule has 1 aromatic heterocycles. The van der Waals surface area contributed by atoms with Crippen LogP contribution in [0.5, 0.6) is 0 Å². The Bertz CT molecular complexity index is 658. The molecule has 0 radical (unpaired) electrons. The molecule has 0 aliphatic heterocycles. The summed E-state index contributed by atoms with van der Waals surface area (Å²) in [6.45, 7) is 0.870. The molecular weight excluding hydrogens is 264 g/mol. The summed E-state index contributed by atoms with van der Waals surface area (Å²) in [7, 11) is -1.75. The van der Waals surface area contributed by atoms with Gasteiger partial charge in [-0.2, -0.15) is 0 Å². The van der Waals surface area contributed by atoms with Gasteiger partial charge in [-0.1, -0.05) is 12.1 Å². The van der Waals surface area contributed by atoms with E-state index in [1.807, 2.05) is 24.3 Å². The Kier molecular flexibility index (Phi) is 4.41. The first-order valence-corrected chi connectivity index (χ1v) is 7.58. The molecule has 2 N–H and O–H groups in total. The standard InChI is InChI=1S/C12H16N4O2S/c1-13-19(17,18)7-6-14-8-10-9-15-11-4-2-3-5-12(11)16-10/h2-5,9,13-14H,6-8H2,1H3. The van der Waals surface area contributed by atoms with Gasteiger partial charge in [-0.3, -0.25) is 4.98 Å². The summed E-state index contributed by atoms with van der Waals surface area (Å²) >= 11 is 0. The number of para-hydroxylation sites is 2. The minimum Gasteiger partial charge on any atom is -0.310 e. The number of aromatic nitrogens is 2. The number of nitrogens with one attached hydrogen (secondary N) is 2. The van der Waals surface area contributed by atoms with Gasteiger partial charge < -0.3 is 5.32 Å². The van der Waals surface area contributed by atoms with E-state index in [9.17, 15) is 8.42 Å². The maximum atomic E-state index is 11.2. The van der Waals surface area contributed by atoms with E-state index in [1.165, 1.54) is 7.05 Å². The molecular formula is C12H16N4O2S. The van der Waals surface area contributed by atoms with Gasteiger partial charge in [0.1, 0.15) is 0 Å². The van der Waals surface area contributed by atoms with Crippen molar-refractivity contribution in [2.24, 2.45) is 0 Å². The third-order valence-corrected chi connectivity index (χ3v) is 4.03. The van der Waals surface area contributed by atoms with E-state index >= 15 is 0 Å². The molecule has 2 aromatic rings. The van der Waals surface area contributed by atoms with Crippen LogP contribution in [-0.4, -0.2) is 37.7 Å².